The Morgan fingerprint density at radius 2 is 1.93 bits per heavy atom. The van der Waals surface area contributed by atoms with Crippen molar-refractivity contribution in [3.05, 3.63) is 65.0 Å². The number of aryl methyl sites for hydroxylation is 3. The molecule has 8 heteroatoms. The number of hydrogen-bond donors (Lipinski definition) is 2. The number of carbonyl (C=O) groups excluding carboxylic acids is 1. The summed E-state index contributed by atoms with van der Waals surface area (Å²) in [5.41, 5.74) is 10.1. The number of amides is 1. The number of likely N-dealkylation sites (N-methyl/N-ethyl adjacent to an activating group) is 2. The Morgan fingerprint density at radius 1 is 1.15 bits per heavy atom. The van der Waals surface area contributed by atoms with Gasteiger partial charge in [0.05, 0.1) is 17.5 Å². The van der Waals surface area contributed by atoms with E-state index in [-0.39, 0.29) is 12.5 Å². The third-order valence-electron chi connectivity index (χ3n) is 8.51. The predicted molar refractivity (Wildman–Crippen MR) is 164 cm³/mol. The highest BCUT2D eigenvalue weighted by atomic mass is 16.3. The first-order valence-electron chi connectivity index (χ1n) is 14.5. The molecular formula is C33H40N6O2. The van der Waals surface area contributed by atoms with Crippen LogP contribution in [0.1, 0.15) is 47.3 Å². The number of rotatable bonds is 5. The van der Waals surface area contributed by atoms with E-state index < -0.39 is 5.60 Å². The molecule has 1 atom stereocenters. The van der Waals surface area contributed by atoms with Crippen LogP contribution in [0, 0.1) is 13.8 Å². The average molecular weight is 553 g/mol. The van der Waals surface area contributed by atoms with E-state index in [1.54, 1.807) is 25.8 Å². The molecular weight excluding hydrogens is 512 g/mol. The molecule has 41 heavy (non-hydrogen) atoms. The number of carbonyl (C=O) groups is 1. The Morgan fingerprint density at radius 3 is 2.68 bits per heavy atom. The van der Waals surface area contributed by atoms with E-state index in [0.717, 1.165) is 65.2 Å². The average Bonchev–Trinajstić information content (AvgIpc) is 3.34. The SMILES string of the molecule is Cc1cc(-c2c[nH]c3ncc(-c4cc(C)c5c(c4)CC[C@H]4CN(C)CCN54)nc23)ccc1C(=O)N(C)CC(C)(C)O. The molecule has 0 aliphatic carbocycles. The minimum Gasteiger partial charge on any atom is -0.389 e. The van der Waals surface area contributed by atoms with Crippen LogP contribution in [0.2, 0.25) is 0 Å². The highest BCUT2D eigenvalue weighted by Crippen LogP contribution is 2.38. The van der Waals surface area contributed by atoms with Crippen molar-refractivity contribution in [2.75, 3.05) is 45.2 Å². The molecule has 0 unspecified atom stereocenters. The number of benzene rings is 2. The van der Waals surface area contributed by atoms with Gasteiger partial charge in [0.25, 0.3) is 5.91 Å². The zero-order valence-corrected chi connectivity index (χ0v) is 25.0. The normalized spacial score (nSPS) is 17.4. The summed E-state index contributed by atoms with van der Waals surface area (Å²) in [4.78, 5) is 32.8. The van der Waals surface area contributed by atoms with Crippen LogP contribution >= 0.6 is 0 Å². The topological polar surface area (TPSA) is 88.6 Å². The largest absolute Gasteiger partial charge is 0.389 e. The summed E-state index contributed by atoms with van der Waals surface area (Å²) in [6.07, 6.45) is 6.06. The van der Waals surface area contributed by atoms with E-state index in [9.17, 15) is 9.90 Å². The zero-order valence-electron chi connectivity index (χ0n) is 25.0. The maximum absolute atomic E-state index is 13.1. The molecule has 0 saturated carbocycles. The monoisotopic (exact) mass is 552 g/mol. The first-order valence-corrected chi connectivity index (χ1v) is 14.5. The second-order valence-corrected chi connectivity index (χ2v) is 12.6. The van der Waals surface area contributed by atoms with Gasteiger partial charge in [0, 0.05) is 67.8 Å². The summed E-state index contributed by atoms with van der Waals surface area (Å²) in [6.45, 7) is 11.1. The van der Waals surface area contributed by atoms with Gasteiger partial charge in [0.1, 0.15) is 5.52 Å². The Labute approximate surface area is 242 Å². The molecule has 4 aromatic rings. The van der Waals surface area contributed by atoms with Gasteiger partial charge in [0.15, 0.2) is 5.65 Å². The van der Waals surface area contributed by atoms with Crippen LogP contribution in [0.4, 0.5) is 5.69 Å². The number of fused-ring (bicyclic) bond motifs is 4. The van der Waals surface area contributed by atoms with Gasteiger partial charge in [-0.1, -0.05) is 12.1 Å². The van der Waals surface area contributed by atoms with Gasteiger partial charge >= 0.3 is 0 Å². The lowest BCUT2D eigenvalue weighted by molar-refractivity contribution is 0.0367. The van der Waals surface area contributed by atoms with Gasteiger partial charge in [-0.2, -0.15) is 0 Å². The first kappa shape index (κ1) is 27.4. The molecule has 2 aromatic heterocycles. The van der Waals surface area contributed by atoms with Crippen molar-refractivity contribution in [1.29, 1.82) is 0 Å². The first-order chi connectivity index (χ1) is 19.5. The molecule has 0 spiro atoms. The number of nitrogens with one attached hydrogen (secondary N) is 1. The molecule has 8 nitrogen and oxygen atoms in total. The highest BCUT2D eigenvalue weighted by molar-refractivity contribution is 5.97. The number of nitrogens with zero attached hydrogens (tertiary/aromatic N) is 5. The van der Waals surface area contributed by atoms with Gasteiger partial charge in [0.2, 0.25) is 0 Å². The lowest BCUT2D eigenvalue weighted by Crippen LogP contribution is -2.54. The van der Waals surface area contributed by atoms with Crippen LogP contribution in [0.15, 0.2) is 42.7 Å². The van der Waals surface area contributed by atoms with E-state index in [2.05, 4.69) is 40.9 Å². The second kappa shape index (κ2) is 10.3. The van der Waals surface area contributed by atoms with E-state index in [1.165, 1.54) is 23.2 Å². The quantitative estimate of drug-likeness (QED) is 0.369. The zero-order chi connectivity index (χ0) is 29.1. The van der Waals surface area contributed by atoms with E-state index in [4.69, 9.17) is 9.97 Å². The van der Waals surface area contributed by atoms with Gasteiger partial charge < -0.3 is 24.8 Å². The molecule has 1 fully saturated rings. The van der Waals surface area contributed by atoms with E-state index in [1.807, 2.05) is 37.5 Å². The van der Waals surface area contributed by atoms with Crippen molar-refractivity contribution < 1.29 is 9.90 Å². The molecule has 6 rings (SSSR count). The number of piperazine rings is 1. The summed E-state index contributed by atoms with van der Waals surface area (Å²) in [5.74, 6) is -0.108. The smallest absolute Gasteiger partial charge is 0.253 e. The van der Waals surface area contributed by atoms with Gasteiger partial charge in [-0.05, 0) is 88.0 Å². The van der Waals surface area contributed by atoms with Crippen LogP contribution in [-0.2, 0) is 6.42 Å². The molecule has 0 bridgehead atoms. The van der Waals surface area contributed by atoms with Crippen LogP contribution < -0.4 is 4.90 Å². The van der Waals surface area contributed by atoms with Crippen molar-refractivity contribution in [1.82, 2.24) is 24.8 Å². The maximum Gasteiger partial charge on any atom is 0.253 e. The number of aromatic amines is 1. The molecule has 2 aromatic carbocycles. The molecule has 1 saturated heterocycles. The molecule has 2 aliphatic heterocycles. The summed E-state index contributed by atoms with van der Waals surface area (Å²) < 4.78 is 0. The van der Waals surface area contributed by atoms with Crippen LogP contribution in [-0.4, -0.2) is 87.7 Å². The van der Waals surface area contributed by atoms with Gasteiger partial charge in [-0.3, -0.25) is 4.79 Å². The molecule has 4 heterocycles. The third kappa shape index (κ3) is 5.22. The van der Waals surface area contributed by atoms with Crippen molar-refractivity contribution in [2.45, 2.75) is 52.2 Å². The van der Waals surface area contributed by atoms with Crippen LogP contribution in [0.25, 0.3) is 33.5 Å². The second-order valence-electron chi connectivity index (χ2n) is 12.6. The number of H-pyrrole nitrogens is 1. The summed E-state index contributed by atoms with van der Waals surface area (Å²) in [7, 11) is 3.94. The van der Waals surface area contributed by atoms with Gasteiger partial charge in [-0.25, -0.2) is 9.97 Å². The minimum atomic E-state index is -0.956. The Balaban J connectivity index is 1.32. The number of anilines is 1. The molecule has 2 N–H and O–H groups in total. The van der Waals surface area contributed by atoms with Crippen molar-refractivity contribution >= 4 is 22.8 Å². The lowest BCUT2D eigenvalue weighted by Gasteiger charge is -2.46. The van der Waals surface area contributed by atoms with Crippen LogP contribution in [0.3, 0.4) is 0 Å². The number of aliphatic hydroxyl groups is 1. The Kier molecular flexibility index (Phi) is 6.86. The maximum atomic E-state index is 13.1. The fraction of sp³-hybridized carbons (Fsp3) is 0.424. The Bertz CT molecular complexity index is 1630. The summed E-state index contributed by atoms with van der Waals surface area (Å²) in [5, 5.41) is 10.1. The highest BCUT2D eigenvalue weighted by Gasteiger charge is 2.32. The van der Waals surface area contributed by atoms with E-state index >= 15 is 0 Å². The third-order valence-corrected chi connectivity index (χ3v) is 8.51. The van der Waals surface area contributed by atoms with Crippen LogP contribution in [0.5, 0.6) is 0 Å². The summed E-state index contributed by atoms with van der Waals surface area (Å²) >= 11 is 0. The molecule has 0 radical (unpaired) electrons. The Hall–Kier alpha value is -3.75. The predicted octanol–water partition coefficient (Wildman–Crippen LogP) is 4.82. The standard InChI is InChI=1S/C33H40N6O2/c1-20-13-22(8-10-26(20)32(40)38(6)19-33(3,4)41)27-16-34-31-29(27)36-28(17-35-31)24-14-21(2)30-23(15-24)7-9-25-18-37(5)11-12-39(25)30/h8,10,13-17,25,41H,7,9,11-12,18-19H2,1-6H3,(H,34,35)/t25-/m0/s1. The fourth-order valence-corrected chi connectivity index (χ4v) is 6.66. The van der Waals surface area contributed by atoms with Crippen molar-refractivity contribution in [3.8, 4) is 22.4 Å². The summed E-state index contributed by atoms with van der Waals surface area (Å²) in [6, 6.07) is 11.0. The molecule has 214 valence electrons. The molecule has 2 aliphatic rings. The van der Waals surface area contributed by atoms with Crippen molar-refractivity contribution in [2.24, 2.45) is 0 Å². The van der Waals surface area contributed by atoms with Crippen molar-refractivity contribution in [3.63, 3.8) is 0 Å². The fourth-order valence-electron chi connectivity index (χ4n) is 6.66. The number of hydrogen-bond acceptors (Lipinski definition) is 6. The number of aromatic nitrogens is 3. The lowest BCUT2D eigenvalue weighted by atomic mass is 9.89. The minimum absolute atomic E-state index is 0.108. The van der Waals surface area contributed by atoms with E-state index in [0.29, 0.717) is 11.6 Å². The van der Waals surface area contributed by atoms with Gasteiger partial charge in [-0.15, -0.1) is 0 Å². The molecule has 1 amide bonds.